The lowest BCUT2D eigenvalue weighted by Gasteiger charge is -2.28. The third-order valence-electron chi connectivity index (χ3n) is 4.01. The summed E-state index contributed by atoms with van der Waals surface area (Å²) in [4.78, 5) is 11.1. The molecule has 1 aromatic heterocycles. The van der Waals surface area contributed by atoms with Gasteiger partial charge in [-0.3, -0.25) is 5.43 Å². The van der Waals surface area contributed by atoms with Gasteiger partial charge in [-0.1, -0.05) is 0 Å². The van der Waals surface area contributed by atoms with Gasteiger partial charge in [-0.05, 0) is 43.7 Å². The van der Waals surface area contributed by atoms with E-state index in [0.29, 0.717) is 11.6 Å². The molecule has 1 N–H and O–H groups in total. The number of hydrogen-bond donors (Lipinski definition) is 1. The molecule has 7 nitrogen and oxygen atoms in total. The predicted octanol–water partition coefficient (Wildman–Crippen LogP) is 2.47. The second kappa shape index (κ2) is 7.94. The second-order valence-electron chi connectivity index (χ2n) is 5.80. The quantitative estimate of drug-likeness (QED) is 0.665. The summed E-state index contributed by atoms with van der Waals surface area (Å²) < 4.78 is 10.6. The zero-order valence-electron chi connectivity index (χ0n) is 14.8. The Morgan fingerprint density at radius 1 is 1.20 bits per heavy atom. The highest BCUT2D eigenvalue weighted by molar-refractivity contribution is 5.99. The molecule has 2 heterocycles. The summed E-state index contributed by atoms with van der Waals surface area (Å²) >= 11 is 0. The van der Waals surface area contributed by atoms with Crippen molar-refractivity contribution in [2.45, 2.75) is 13.8 Å². The van der Waals surface area contributed by atoms with Crippen LogP contribution < -0.4 is 15.1 Å². The van der Waals surface area contributed by atoms with Gasteiger partial charge in [-0.15, -0.1) is 0 Å². The highest BCUT2D eigenvalue weighted by Gasteiger charge is 2.14. The maximum Gasteiger partial charge on any atom is 0.152 e. The van der Waals surface area contributed by atoms with Gasteiger partial charge in [0.1, 0.15) is 17.4 Å². The molecular weight excluding hydrogens is 318 g/mol. The summed E-state index contributed by atoms with van der Waals surface area (Å²) in [5.41, 5.74) is 4.93. The molecule has 132 valence electrons. The van der Waals surface area contributed by atoms with Crippen LogP contribution in [-0.2, 0) is 4.74 Å². The minimum atomic E-state index is 0.682. The van der Waals surface area contributed by atoms with Crippen LogP contribution in [0.1, 0.15) is 18.3 Å². The monoisotopic (exact) mass is 341 g/mol. The van der Waals surface area contributed by atoms with Crippen LogP contribution in [-0.4, -0.2) is 49.1 Å². The molecule has 2 aromatic rings. The van der Waals surface area contributed by atoms with Crippen LogP contribution in [0.15, 0.2) is 35.4 Å². The molecule has 1 saturated heterocycles. The Labute approximate surface area is 147 Å². The zero-order valence-corrected chi connectivity index (χ0v) is 14.8. The van der Waals surface area contributed by atoms with Gasteiger partial charge in [-0.2, -0.15) is 5.10 Å². The first-order valence-electron chi connectivity index (χ1n) is 8.29. The number of hydrazone groups is 1. The smallest absolute Gasteiger partial charge is 0.152 e. The molecular formula is C18H23N5O2. The molecule has 1 fully saturated rings. The molecule has 0 bridgehead atoms. The van der Waals surface area contributed by atoms with Crippen molar-refractivity contribution in [1.29, 1.82) is 0 Å². The van der Waals surface area contributed by atoms with Crippen LogP contribution in [0.25, 0.3) is 0 Å². The van der Waals surface area contributed by atoms with Crippen molar-refractivity contribution in [3.8, 4) is 5.75 Å². The molecule has 1 aliphatic rings. The average molecular weight is 341 g/mol. The van der Waals surface area contributed by atoms with Crippen molar-refractivity contribution in [3.05, 3.63) is 41.7 Å². The first kappa shape index (κ1) is 17.2. The highest BCUT2D eigenvalue weighted by Crippen LogP contribution is 2.17. The molecule has 0 aliphatic carbocycles. The van der Waals surface area contributed by atoms with Gasteiger partial charge in [0.2, 0.25) is 0 Å². The minimum absolute atomic E-state index is 0.682. The van der Waals surface area contributed by atoms with E-state index < -0.39 is 0 Å². The van der Waals surface area contributed by atoms with E-state index in [2.05, 4.69) is 25.4 Å². The Bertz CT molecular complexity index is 740. The van der Waals surface area contributed by atoms with Crippen LogP contribution in [0.4, 0.5) is 11.6 Å². The van der Waals surface area contributed by atoms with E-state index in [1.807, 2.05) is 44.2 Å². The number of aromatic nitrogens is 2. The average Bonchev–Trinajstić information content (AvgIpc) is 2.66. The highest BCUT2D eigenvalue weighted by atomic mass is 16.5. The van der Waals surface area contributed by atoms with E-state index in [1.54, 1.807) is 7.11 Å². The summed E-state index contributed by atoms with van der Waals surface area (Å²) in [6, 6.07) is 9.70. The van der Waals surface area contributed by atoms with Crippen molar-refractivity contribution in [1.82, 2.24) is 9.97 Å². The number of aryl methyl sites for hydroxylation is 1. The van der Waals surface area contributed by atoms with Gasteiger partial charge >= 0.3 is 0 Å². The maximum absolute atomic E-state index is 5.39. The molecule has 0 amide bonds. The fourth-order valence-electron chi connectivity index (χ4n) is 2.60. The molecule has 0 radical (unpaired) electrons. The Hall–Kier alpha value is -2.67. The number of methoxy groups -OCH3 is 1. The Kier molecular flexibility index (Phi) is 5.45. The fraction of sp³-hybridized carbons (Fsp3) is 0.389. The summed E-state index contributed by atoms with van der Waals surface area (Å²) in [6.45, 7) is 6.95. The largest absolute Gasteiger partial charge is 0.497 e. The molecule has 0 unspecified atom stereocenters. The molecule has 0 saturated carbocycles. The first-order valence-corrected chi connectivity index (χ1v) is 8.29. The van der Waals surface area contributed by atoms with Gasteiger partial charge in [-0.25, -0.2) is 9.97 Å². The van der Waals surface area contributed by atoms with Crippen molar-refractivity contribution in [3.63, 3.8) is 0 Å². The Morgan fingerprint density at radius 3 is 2.60 bits per heavy atom. The zero-order chi connectivity index (χ0) is 17.6. The van der Waals surface area contributed by atoms with E-state index in [4.69, 9.17) is 9.47 Å². The normalized spacial score (nSPS) is 15.2. The lowest BCUT2D eigenvalue weighted by Crippen LogP contribution is -2.36. The molecule has 1 aromatic carbocycles. The maximum atomic E-state index is 5.39. The predicted molar refractivity (Wildman–Crippen MR) is 98.6 cm³/mol. The number of nitrogens with one attached hydrogen (secondary N) is 1. The van der Waals surface area contributed by atoms with Gasteiger partial charge in [0.05, 0.1) is 26.0 Å². The standard InChI is InChI=1S/C18H23N5O2/c1-13(15-4-6-16(24-3)7-5-15)21-22-17-12-18(20-14(2)19-17)23-8-10-25-11-9-23/h4-7,12H,8-11H2,1-3H3,(H,19,20,22). The molecule has 7 heteroatoms. The third kappa shape index (κ3) is 4.45. The van der Waals surface area contributed by atoms with Crippen molar-refractivity contribution < 1.29 is 9.47 Å². The van der Waals surface area contributed by atoms with E-state index in [-0.39, 0.29) is 0 Å². The Balaban J connectivity index is 1.73. The number of benzene rings is 1. The lowest BCUT2D eigenvalue weighted by atomic mass is 10.1. The second-order valence-corrected chi connectivity index (χ2v) is 5.80. The number of ether oxygens (including phenoxy) is 2. The van der Waals surface area contributed by atoms with E-state index in [0.717, 1.165) is 49.1 Å². The number of nitrogens with zero attached hydrogens (tertiary/aromatic N) is 4. The number of morpholine rings is 1. The van der Waals surface area contributed by atoms with Gasteiger partial charge < -0.3 is 14.4 Å². The van der Waals surface area contributed by atoms with Crippen LogP contribution in [0.5, 0.6) is 5.75 Å². The SMILES string of the molecule is COc1ccc(C(C)=NNc2cc(N3CCOCC3)nc(C)n2)cc1. The van der Waals surface area contributed by atoms with Gasteiger partial charge in [0.25, 0.3) is 0 Å². The van der Waals surface area contributed by atoms with Gasteiger partial charge in [0.15, 0.2) is 5.82 Å². The molecule has 0 spiro atoms. The van der Waals surface area contributed by atoms with E-state index >= 15 is 0 Å². The molecule has 3 rings (SSSR count). The fourth-order valence-corrected chi connectivity index (χ4v) is 2.60. The summed E-state index contributed by atoms with van der Waals surface area (Å²) in [5.74, 6) is 3.12. The van der Waals surface area contributed by atoms with Crippen LogP contribution in [0.2, 0.25) is 0 Å². The Morgan fingerprint density at radius 2 is 1.92 bits per heavy atom. The minimum Gasteiger partial charge on any atom is -0.497 e. The van der Waals surface area contributed by atoms with Crippen LogP contribution in [0.3, 0.4) is 0 Å². The van der Waals surface area contributed by atoms with Crippen molar-refractivity contribution in [2.24, 2.45) is 5.10 Å². The first-order chi connectivity index (χ1) is 12.2. The summed E-state index contributed by atoms with van der Waals surface area (Å²) in [5, 5.41) is 4.44. The summed E-state index contributed by atoms with van der Waals surface area (Å²) in [6.07, 6.45) is 0. The summed E-state index contributed by atoms with van der Waals surface area (Å²) in [7, 11) is 1.65. The lowest BCUT2D eigenvalue weighted by molar-refractivity contribution is 0.122. The molecule has 1 aliphatic heterocycles. The molecule has 25 heavy (non-hydrogen) atoms. The van der Waals surface area contributed by atoms with Crippen molar-refractivity contribution in [2.75, 3.05) is 43.7 Å². The van der Waals surface area contributed by atoms with E-state index in [9.17, 15) is 0 Å². The molecule has 0 atom stereocenters. The number of anilines is 2. The van der Waals surface area contributed by atoms with Crippen LogP contribution in [0, 0.1) is 6.92 Å². The van der Waals surface area contributed by atoms with Crippen molar-refractivity contribution >= 4 is 17.3 Å². The number of hydrogen-bond acceptors (Lipinski definition) is 7. The topological polar surface area (TPSA) is 71.9 Å². The third-order valence-corrected chi connectivity index (χ3v) is 4.01. The van der Waals surface area contributed by atoms with E-state index in [1.165, 1.54) is 0 Å². The van der Waals surface area contributed by atoms with Crippen LogP contribution >= 0.6 is 0 Å². The number of rotatable bonds is 5. The van der Waals surface area contributed by atoms with Gasteiger partial charge in [0, 0.05) is 19.2 Å².